The molecule has 2 aromatic rings. The third kappa shape index (κ3) is 3.59. The lowest BCUT2D eigenvalue weighted by atomic mass is 10.1. The Kier molecular flexibility index (Phi) is 4.79. The summed E-state index contributed by atoms with van der Waals surface area (Å²) in [6, 6.07) is 11.6. The lowest BCUT2D eigenvalue weighted by Gasteiger charge is -2.16. The predicted octanol–water partition coefficient (Wildman–Crippen LogP) is 3.39. The quantitative estimate of drug-likeness (QED) is 0.835. The van der Waals surface area contributed by atoms with Crippen LogP contribution >= 0.6 is 22.9 Å². The summed E-state index contributed by atoms with van der Waals surface area (Å²) >= 11 is 7.51. The van der Waals surface area contributed by atoms with Gasteiger partial charge in [0.15, 0.2) is 0 Å². The number of nitrogens with one attached hydrogen (secondary N) is 1. The van der Waals surface area contributed by atoms with E-state index in [1.54, 1.807) is 11.3 Å². The molecule has 0 saturated carbocycles. The fraction of sp³-hybridized carbons (Fsp3) is 0.214. The number of carbonyl (C=O) groups is 1. The highest BCUT2D eigenvalue weighted by atomic mass is 35.5. The van der Waals surface area contributed by atoms with E-state index in [0.717, 1.165) is 11.1 Å². The van der Waals surface area contributed by atoms with E-state index in [2.05, 4.69) is 5.32 Å². The number of hydrogen-bond acceptors (Lipinski definition) is 2. The molecule has 4 heteroatoms. The van der Waals surface area contributed by atoms with Crippen molar-refractivity contribution in [2.45, 2.75) is 12.5 Å². The molecule has 0 radical (unpaired) electrons. The number of rotatable bonds is 5. The predicted molar refractivity (Wildman–Crippen MR) is 76.1 cm³/mol. The minimum atomic E-state index is -0.126. The fourth-order valence-corrected chi connectivity index (χ4v) is 2.64. The molecule has 0 spiro atoms. The molecule has 1 aromatic carbocycles. The maximum absolute atomic E-state index is 11.9. The summed E-state index contributed by atoms with van der Waals surface area (Å²) in [7, 11) is 0. The van der Waals surface area contributed by atoms with Gasteiger partial charge in [-0.1, -0.05) is 30.3 Å². The first-order chi connectivity index (χ1) is 8.79. The van der Waals surface area contributed by atoms with Crippen LogP contribution in [-0.2, 0) is 11.2 Å². The van der Waals surface area contributed by atoms with Crippen LogP contribution in [-0.4, -0.2) is 11.8 Å². The van der Waals surface area contributed by atoms with Crippen LogP contribution in [0, 0.1) is 0 Å². The standard InChI is InChI=1S/C14H14ClNOS/c15-9-13(12-4-2-1-3-5-12)16-14(17)8-11-6-7-18-10-11/h1-7,10,13H,8-9H2,(H,16,17). The number of amides is 1. The second-order valence-electron chi connectivity index (χ2n) is 3.99. The summed E-state index contributed by atoms with van der Waals surface area (Å²) in [5.41, 5.74) is 2.07. The normalized spacial score (nSPS) is 12.1. The third-order valence-corrected chi connectivity index (χ3v) is 3.68. The van der Waals surface area contributed by atoms with E-state index >= 15 is 0 Å². The van der Waals surface area contributed by atoms with E-state index in [1.807, 2.05) is 47.2 Å². The minimum absolute atomic E-state index is 0.00269. The van der Waals surface area contributed by atoms with E-state index in [-0.39, 0.29) is 11.9 Å². The van der Waals surface area contributed by atoms with Gasteiger partial charge in [-0.15, -0.1) is 11.6 Å². The summed E-state index contributed by atoms with van der Waals surface area (Å²) in [4.78, 5) is 11.9. The van der Waals surface area contributed by atoms with E-state index in [4.69, 9.17) is 11.6 Å². The van der Waals surface area contributed by atoms with Crippen molar-refractivity contribution < 1.29 is 4.79 Å². The molecule has 0 aliphatic rings. The Hall–Kier alpha value is -1.32. The second-order valence-corrected chi connectivity index (χ2v) is 5.08. The van der Waals surface area contributed by atoms with Crippen molar-refractivity contribution >= 4 is 28.8 Å². The van der Waals surface area contributed by atoms with Crippen LogP contribution in [0.5, 0.6) is 0 Å². The van der Waals surface area contributed by atoms with Crippen molar-refractivity contribution in [2.24, 2.45) is 0 Å². The first-order valence-electron chi connectivity index (χ1n) is 5.71. The summed E-state index contributed by atoms with van der Waals surface area (Å²) in [5, 5.41) is 6.91. The van der Waals surface area contributed by atoms with E-state index in [0.29, 0.717) is 12.3 Å². The van der Waals surface area contributed by atoms with Gasteiger partial charge in [-0.2, -0.15) is 11.3 Å². The van der Waals surface area contributed by atoms with Crippen molar-refractivity contribution in [1.82, 2.24) is 5.32 Å². The van der Waals surface area contributed by atoms with Crippen molar-refractivity contribution in [3.63, 3.8) is 0 Å². The Morgan fingerprint density at radius 1 is 1.28 bits per heavy atom. The van der Waals surface area contributed by atoms with Crippen LogP contribution in [0.1, 0.15) is 17.2 Å². The molecule has 1 atom stereocenters. The summed E-state index contributed by atoms with van der Waals surface area (Å²) < 4.78 is 0. The van der Waals surface area contributed by atoms with Crippen LogP contribution in [0.25, 0.3) is 0 Å². The Labute approximate surface area is 116 Å². The lowest BCUT2D eigenvalue weighted by Crippen LogP contribution is -2.30. The summed E-state index contributed by atoms with van der Waals surface area (Å²) in [6.45, 7) is 0. The highest BCUT2D eigenvalue weighted by Gasteiger charge is 2.13. The molecule has 0 saturated heterocycles. The molecule has 94 valence electrons. The first-order valence-corrected chi connectivity index (χ1v) is 7.18. The molecule has 1 amide bonds. The van der Waals surface area contributed by atoms with Gasteiger partial charge < -0.3 is 5.32 Å². The van der Waals surface area contributed by atoms with Gasteiger partial charge in [0.25, 0.3) is 0 Å². The zero-order valence-electron chi connectivity index (χ0n) is 9.80. The van der Waals surface area contributed by atoms with Gasteiger partial charge >= 0.3 is 0 Å². The molecule has 2 nitrogen and oxygen atoms in total. The Bertz CT molecular complexity index is 484. The molecule has 18 heavy (non-hydrogen) atoms. The molecule has 0 aliphatic carbocycles. The van der Waals surface area contributed by atoms with Crippen molar-refractivity contribution in [3.8, 4) is 0 Å². The van der Waals surface area contributed by atoms with Crippen LogP contribution in [0.15, 0.2) is 47.2 Å². The zero-order valence-corrected chi connectivity index (χ0v) is 11.4. The molecule has 0 aliphatic heterocycles. The molecular weight excluding hydrogens is 266 g/mol. The van der Waals surface area contributed by atoms with Gasteiger partial charge in [-0.25, -0.2) is 0 Å². The van der Waals surface area contributed by atoms with Crippen LogP contribution in [0.3, 0.4) is 0 Å². The third-order valence-electron chi connectivity index (χ3n) is 2.64. The SMILES string of the molecule is O=C(Cc1ccsc1)NC(CCl)c1ccccc1. The molecule has 2 rings (SSSR count). The smallest absolute Gasteiger partial charge is 0.224 e. The molecule has 0 fully saturated rings. The van der Waals surface area contributed by atoms with Gasteiger partial charge in [0.05, 0.1) is 12.5 Å². The van der Waals surface area contributed by atoms with Crippen molar-refractivity contribution in [2.75, 3.05) is 5.88 Å². The highest BCUT2D eigenvalue weighted by Crippen LogP contribution is 2.14. The average molecular weight is 280 g/mol. The number of hydrogen-bond donors (Lipinski definition) is 1. The number of carbonyl (C=O) groups excluding carboxylic acids is 1. The van der Waals surface area contributed by atoms with Gasteiger partial charge in [0.1, 0.15) is 0 Å². The van der Waals surface area contributed by atoms with Crippen molar-refractivity contribution in [1.29, 1.82) is 0 Å². The Balaban J connectivity index is 1.96. The molecule has 1 heterocycles. The lowest BCUT2D eigenvalue weighted by molar-refractivity contribution is -0.121. The minimum Gasteiger partial charge on any atom is -0.348 e. The monoisotopic (exact) mass is 279 g/mol. The number of halogens is 1. The van der Waals surface area contributed by atoms with Gasteiger partial charge in [0, 0.05) is 5.88 Å². The van der Waals surface area contributed by atoms with Crippen LogP contribution in [0.4, 0.5) is 0 Å². The second kappa shape index (κ2) is 6.57. The summed E-state index contributed by atoms with van der Waals surface area (Å²) in [6.07, 6.45) is 0.406. The number of thiophene rings is 1. The van der Waals surface area contributed by atoms with Gasteiger partial charge in [0.2, 0.25) is 5.91 Å². The van der Waals surface area contributed by atoms with Crippen LogP contribution < -0.4 is 5.32 Å². The van der Waals surface area contributed by atoms with Crippen LogP contribution in [0.2, 0.25) is 0 Å². The van der Waals surface area contributed by atoms with Gasteiger partial charge in [-0.05, 0) is 28.0 Å². The van der Waals surface area contributed by atoms with E-state index in [1.165, 1.54) is 0 Å². The molecule has 1 N–H and O–H groups in total. The molecule has 1 unspecified atom stereocenters. The van der Waals surface area contributed by atoms with E-state index < -0.39 is 0 Å². The van der Waals surface area contributed by atoms with E-state index in [9.17, 15) is 4.79 Å². The Morgan fingerprint density at radius 3 is 2.67 bits per heavy atom. The maximum Gasteiger partial charge on any atom is 0.224 e. The number of alkyl halides is 1. The highest BCUT2D eigenvalue weighted by molar-refractivity contribution is 7.07. The van der Waals surface area contributed by atoms with Crippen molar-refractivity contribution in [3.05, 3.63) is 58.3 Å². The average Bonchev–Trinajstić information content (AvgIpc) is 2.90. The Morgan fingerprint density at radius 2 is 2.06 bits per heavy atom. The first kappa shape index (κ1) is 13.1. The topological polar surface area (TPSA) is 29.1 Å². The maximum atomic E-state index is 11.9. The fourth-order valence-electron chi connectivity index (χ4n) is 1.72. The largest absolute Gasteiger partial charge is 0.348 e. The molecule has 1 aromatic heterocycles. The molecular formula is C14H14ClNOS. The van der Waals surface area contributed by atoms with Gasteiger partial charge in [-0.3, -0.25) is 4.79 Å². The molecule has 0 bridgehead atoms. The zero-order chi connectivity index (χ0) is 12.8. The number of benzene rings is 1. The summed E-state index contributed by atoms with van der Waals surface area (Å²) in [5.74, 6) is 0.377.